The zero-order chi connectivity index (χ0) is 25.8. The monoisotopic (exact) mass is 552 g/mol. The van der Waals surface area contributed by atoms with Crippen molar-refractivity contribution < 1.29 is 23.1 Å². The highest BCUT2D eigenvalue weighted by Gasteiger charge is 2.43. The lowest BCUT2D eigenvalue weighted by Crippen LogP contribution is -2.66. The number of tetrazole rings is 1. The minimum atomic E-state index is -0.622. The first kappa shape index (κ1) is 22.6. The molecule has 1 aromatic carbocycles. The molecule has 1 aliphatic rings. The SMILES string of the molecule is Fc1cnn(C[C@H]2c3ccc(-c4c(-n5cnnn5)ccc(Cl)c4F)c[n+]3On3cc(-c4cncs4)c[n+]32)c1. The molecular formula is C23H15ClF2N10OS+2. The van der Waals surface area contributed by atoms with Crippen LogP contribution in [0.5, 0.6) is 0 Å². The molecule has 1 aliphatic heterocycles. The summed E-state index contributed by atoms with van der Waals surface area (Å²) in [6.45, 7) is 0.310. The van der Waals surface area contributed by atoms with Gasteiger partial charge in [-0.3, -0.25) is 9.67 Å². The van der Waals surface area contributed by atoms with Crippen molar-refractivity contribution in [3.8, 4) is 27.3 Å². The average Bonchev–Trinajstić information content (AvgIpc) is 3.72. The van der Waals surface area contributed by atoms with E-state index < -0.39 is 11.6 Å². The zero-order valence-electron chi connectivity index (χ0n) is 19.1. The quantitative estimate of drug-likeness (QED) is 0.305. The van der Waals surface area contributed by atoms with Gasteiger partial charge in [0, 0.05) is 22.0 Å². The Morgan fingerprint density at radius 2 is 2.00 bits per heavy atom. The number of hydrogen-bond acceptors (Lipinski definition) is 7. The number of benzene rings is 1. The van der Waals surface area contributed by atoms with Crippen LogP contribution >= 0.6 is 22.9 Å². The number of nitrogens with zero attached hydrogens (tertiary/aromatic N) is 10. The smallest absolute Gasteiger partial charge is 0.262 e. The molecule has 188 valence electrons. The Morgan fingerprint density at radius 3 is 2.76 bits per heavy atom. The standard InChI is InChI=1S/C23H15ClF2N10OS/c24-17-2-4-19(33-12-28-30-31-33)22(23(17)26)14-1-3-18-20(11-32-10-16(25)5-29-32)34-7-15(21-6-27-13-38-21)9-36(34)37-35(18)8-14/h1-10,12-13,20H,11H2/q+2/t20-/m0/s1. The fourth-order valence-electron chi connectivity index (χ4n) is 4.46. The predicted molar refractivity (Wildman–Crippen MR) is 128 cm³/mol. The van der Waals surface area contributed by atoms with Crippen molar-refractivity contribution in [1.82, 2.24) is 39.8 Å². The van der Waals surface area contributed by atoms with E-state index >= 15 is 4.39 Å². The van der Waals surface area contributed by atoms with Gasteiger partial charge in [-0.05, 0) is 39.4 Å². The van der Waals surface area contributed by atoms with Gasteiger partial charge in [0.1, 0.15) is 24.6 Å². The molecule has 6 heterocycles. The maximum Gasteiger partial charge on any atom is 0.287 e. The maximum absolute atomic E-state index is 15.4. The van der Waals surface area contributed by atoms with Gasteiger partial charge in [-0.25, -0.2) is 8.78 Å². The molecule has 0 aliphatic carbocycles. The molecule has 0 saturated carbocycles. The van der Waals surface area contributed by atoms with Crippen LogP contribution in [0.2, 0.25) is 5.02 Å². The molecule has 0 fully saturated rings. The highest BCUT2D eigenvalue weighted by Crippen LogP contribution is 2.33. The second kappa shape index (κ2) is 8.78. The first-order valence-electron chi connectivity index (χ1n) is 11.2. The topological polar surface area (TPSA) is 96.2 Å². The summed E-state index contributed by atoms with van der Waals surface area (Å²) in [5.41, 5.74) is 4.44. The summed E-state index contributed by atoms with van der Waals surface area (Å²) in [5, 5.41) is 15.3. The summed E-state index contributed by atoms with van der Waals surface area (Å²) in [7, 11) is 0. The number of fused-ring (bicyclic) bond motifs is 2. The molecule has 5 aromatic heterocycles. The lowest BCUT2D eigenvalue weighted by atomic mass is 10.0. The van der Waals surface area contributed by atoms with Gasteiger partial charge in [0.25, 0.3) is 6.04 Å². The zero-order valence-corrected chi connectivity index (χ0v) is 20.7. The number of pyridine rings is 1. The molecule has 0 saturated heterocycles. The molecule has 7 rings (SSSR count). The lowest BCUT2D eigenvalue weighted by molar-refractivity contribution is -1.01. The van der Waals surface area contributed by atoms with Crippen molar-refractivity contribution >= 4 is 22.9 Å². The van der Waals surface area contributed by atoms with E-state index in [4.69, 9.17) is 16.5 Å². The Kier molecular flexibility index (Phi) is 5.23. The van der Waals surface area contributed by atoms with Crippen LogP contribution in [0.25, 0.3) is 27.3 Å². The summed E-state index contributed by atoms with van der Waals surface area (Å²) in [6, 6.07) is 6.32. The minimum absolute atomic E-state index is 0.0449. The maximum atomic E-state index is 15.4. The fourth-order valence-corrected chi connectivity index (χ4v) is 5.22. The van der Waals surface area contributed by atoms with Crippen molar-refractivity contribution in [3.05, 3.63) is 95.6 Å². The van der Waals surface area contributed by atoms with Gasteiger partial charge >= 0.3 is 0 Å². The van der Waals surface area contributed by atoms with Crippen LogP contribution in [0.4, 0.5) is 8.78 Å². The molecule has 0 spiro atoms. The molecule has 6 aromatic rings. The third-order valence-electron chi connectivity index (χ3n) is 6.16. The number of hydrogen-bond donors (Lipinski definition) is 0. The summed E-state index contributed by atoms with van der Waals surface area (Å²) in [4.78, 5) is 12.8. The first-order valence-corrected chi connectivity index (χ1v) is 12.5. The first-order chi connectivity index (χ1) is 18.5. The van der Waals surface area contributed by atoms with Crippen LogP contribution in [0.3, 0.4) is 0 Å². The van der Waals surface area contributed by atoms with Crippen molar-refractivity contribution in [2.75, 3.05) is 0 Å². The predicted octanol–water partition coefficient (Wildman–Crippen LogP) is 2.45. The van der Waals surface area contributed by atoms with E-state index in [1.54, 1.807) is 39.6 Å². The van der Waals surface area contributed by atoms with Gasteiger partial charge in [-0.1, -0.05) is 16.5 Å². The summed E-state index contributed by atoms with van der Waals surface area (Å²) < 4.78 is 35.5. The largest absolute Gasteiger partial charge is 0.287 e. The molecule has 0 radical (unpaired) electrons. The van der Waals surface area contributed by atoms with Gasteiger partial charge in [-0.15, -0.1) is 16.4 Å². The van der Waals surface area contributed by atoms with Crippen LogP contribution in [-0.2, 0) is 6.54 Å². The number of thiazole rings is 1. The average molecular weight is 553 g/mol. The third kappa shape index (κ3) is 3.72. The van der Waals surface area contributed by atoms with Crippen LogP contribution in [-0.4, -0.2) is 39.8 Å². The highest BCUT2D eigenvalue weighted by molar-refractivity contribution is 7.13. The molecule has 0 unspecified atom stereocenters. The summed E-state index contributed by atoms with van der Waals surface area (Å²) in [6.07, 6.45) is 11.0. The second-order valence-electron chi connectivity index (χ2n) is 8.42. The van der Waals surface area contributed by atoms with Crippen LogP contribution in [0.15, 0.2) is 73.3 Å². The molecule has 0 N–H and O–H groups in total. The van der Waals surface area contributed by atoms with Gasteiger partial charge in [-0.2, -0.15) is 9.78 Å². The van der Waals surface area contributed by atoms with Gasteiger partial charge in [0.2, 0.25) is 18.1 Å². The van der Waals surface area contributed by atoms with Crippen LogP contribution < -0.4 is 14.4 Å². The van der Waals surface area contributed by atoms with Crippen molar-refractivity contribution in [1.29, 1.82) is 0 Å². The van der Waals surface area contributed by atoms with Gasteiger partial charge in [0.15, 0.2) is 16.5 Å². The van der Waals surface area contributed by atoms with Crippen LogP contribution in [0, 0.1) is 11.6 Å². The number of aromatic nitrogens is 10. The van der Waals surface area contributed by atoms with Gasteiger partial charge < -0.3 is 0 Å². The third-order valence-corrected chi connectivity index (χ3v) is 7.28. The van der Waals surface area contributed by atoms with Crippen molar-refractivity contribution in [2.24, 2.45) is 0 Å². The molecule has 15 heteroatoms. The Bertz CT molecular complexity index is 1780. The lowest BCUT2D eigenvalue weighted by Gasteiger charge is -2.16. The van der Waals surface area contributed by atoms with E-state index in [2.05, 4.69) is 25.6 Å². The highest BCUT2D eigenvalue weighted by atomic mass is 35.5. The van der Waals surface area contributed by atoms with Crippen molar-refractivity contribution in [2.45, 2.75) is 12.6 Å². The van der Waals surface area contributed by atoms with E-state index in [1.807, 2.05) is 23.1 Å². The molecule has 0 amide bonds. The van der Waals surface area contributed by atoms with E-state index in [9.17, 15) is 4.39 Å². The Labute approximate surface area is 221 Å². The van der Waals surface area contributed by atoms with E-state index in [0.29, 0.717) is 17.8 Å². The Balaban J connectivity index is 1.37. The normalized spacial score (nSPS) is 14.2. The van der Waals surface area contributed by atoms with E-state index in [0.717, 1.165) is 22.3 Å². The molecular weight excluding hydrogens is 538 g/mol. The fraction of sp³-hybridized carbons (Fsp3) is 0.0870. The van der Waals surface area contributed by atoms with Crippen molar-refractivity contribution in [3.63, 3.8) is 0 Å². The van der Waals surface area contributed by atoms with E-state index in [-0.39, 0.29) is 16.6 Å². The second-order valence-corrected chi connectivity index (χ2v) is 9.71. The Morgan fingerprint density at radius 1 is 1.08 bits per heavy atom. The molecule has 38 heavy (non-hydrogen) atoms. The Hall–Kier alpha value is -4.56. The number of rotatable bonds is 5. The summed E-state index contributed by atoms with van der Waals surface area (Å²) >= 11 is 7.64. The van der Waals surface area contributed by atoms with Gasteiger partial charge in [0.05, 0.1) is 33.5 Å². The molecule has 1 atom stereocenters. The molecule has 0 bridgehead atoms. The number of halogens is 3. The minimum Gasteiger partial charge on any atom is -0.262 e. The molecule has 11 nitrogen and oxygen atoms in total. The van der Waals surface area contributed by atoms with Crippen LogP contribution in [0.1, 0.15) is 11.7 Å². The summed E-state index contributed by atoms with van der Waals surface area (Å²) in [5.74, 6) is -1.05. The van der Waals surface area contributed by atoms with E-state index in [1.165, 1.54) is 39.3 Å².